The minimum atomic E-state index is -4.51. The summed E-state index contributed by atoms with van der Waals surface area (Å²) >= 11 is 3.26. The van der Waals surface area contributed by atoms with Gasteiger partial charge in [-0.3, -0.25) is 4.68 Å². The lowest BCUT2D eigenvalue weighted by Crippen LogP contribution is -2.17. The second kappa shape index (κ2) is 4.64. The predicted molar refractivity (Wildman–Crippen MR) is 64.9 cm³/mol. The van der Waals surface area contributed by atoms with Gasteiger partial charge in [0.05, 0.1) is 18.4 Å². The van der Waals surface area contributed by atoms with Crippen molar-refractivity contribution in [2.24, 2.45) is 0 Å². The Morgan fingerprint density at radius 1 is 1.33 bits per heavy atom. The van der Waals surface area contributed by atoms with Crippen molar-refractivity contribution >= 4 is 21.6 Å². The van der Waals surface area contributed by atoms with Gasteiger partial charge in [-0.25, -0.2) is 0 Å². The monoisotopic (exact) mass is 319 g/mol. The molecule has 2 N–H and O–H groups in total. The van der Waals surface area contributed by atoms with Crippen molar-refractivity contribution in [2.45, 2.75) is 12.7 Å². The second-order valence-electron chi connectivity index (χ2n) is 3.73. The summed E-state index contributed by atoms with van der Waals surface area (Å²) in [6.07, 6.45) is -3.49. The standard InChI is InChI=1S/C11H9BrF3N3/c12-8-3-1-2-7(4-8)6-18-10(11(13,14)15)9(16)5-17-18/h1-5H,6,16H2. The van der Waals surface area contributed by atoms with Crippen LogP contribution in [0, 0.1) is 0 Å². The number of nitrogens with two attached hydrogens (primary N) is 1. The molecule has 0 unspecified atom stereocenters. The molecule has 0 bridgehead atoms. The van der Waals surface area contributed by atoms with E-state index in [0.29, 0.717) is 5.56 Å². The van der Waals surface area contributed by atoms with Gasteiger partial charge in [-0.15, -0.1) is 0 Å². The van der Waals surface area contributed by atoms with E-state index in [9.17, 15) is 13.2 Å². The van der Waals surface area contributed by atoms with E-state index in [1.165, 1.54) is 0 Å². The largest absolute Gasteiger partial charge is 0.435 e. The van der Waals surface area contributed by atoms with Gasteiger partial charge in [0.25, 0.3) is 0 Å². The minimum absolute atomic E-state index is 0.0193. The van der Waals surface area contributed by atoms with Crippen LogP contribution in [0.25, 0.3) is 0 Å². The lowest BCUT2D eigenvalue weighted by Gasteiger charge is -2.11. The van der Waals surface area contributed by atoms with E-state index in [1.54, 1.807) is 24.3 Å². The normalized spacial score (nSPS) is 11.8. The number of nitrogens with zero attached hydrogens (tertiary/aromatic N) is 2. The predicted octanol–water partition coefficient (Wildman–Crippen LogP) is 3.29. The summed E-state index contributed by atoms with van der Waals surface area (Å²) in [7, 11) is 0. The highest BCUT2D eigenvalue weighted by molar-refractivity contribution is 9.10. The Kier molecular flexibility index (Phi) is 3.34. The van der Waals surface area contributed by atoms with Gasteiger partial charge in [0, 0.05) is 4.47 Å². The Morgan fingerprint density at radius 2 is 2.06 bits per heavy atom. The molecule has 0 saturated carbocycles. The van der Waals surface area contributed by atoms with Crippen LogP contribution in [-0.4, -0.2) is 9.78 Å². The number of benzene rings is 1. The van der Waals surface area contributed by atoms with Crippen LogP contribution in [0.3, 0.4) is 0 Å². The third-order valence-electron chi connectivity index (χ3n) is 2.36. The van der Waals surface area contributed by atoms with E-state index in [0.717, 1.165) is 15.4 Å². The second-order valence-corrected chi connectivity index (χ2v) is 4.65. The van der Waals surface area contributed by atoms with Crippen LogP contribution in [0.5, 0.6) is 0 Å². The minimum Gasteiger partial charge on any atom is -0.396 e. The van der Waals surface area contributed by atoms with Crippen LogP contribution in [0.4, 0.5) is 18.9 Å². The maximum absolute atomic E-state index is 12.8. The molecule has 0 aliphatic heterocycles. The first-order valence-corrected chi connectivity index (χ1v) is 5.80. The Morgan fingerprint density at radius 3 is 2.67 bits per heavy atom. The summed E-state index contributed by atoms with van der Waals surface area (Å²) in [5.41, 5.74) is 4.73. The highest BCUT2D eigenvalue weighted by atomic mass is 79.9. The van der Waals surface area contributed by atoms with Crippen molar-refractivity contribution in [3.63, 3.8) is 0 Å². The topological polar surface area (TPSA) is 43.8 Å². The summed E-state index contributed by atoms with van der Waals surface area (Å²) in [4.78, 5) is 0. The fraction of sp³-hybridized carbons (Fsp3) is 0.182. The molecule has 0 radical (unpaired) electrons. The third kappa shape index (κ3) is 2.66. The van der Waals surface area contributed by atoms with Crippen LogP contribution >= 0.6 is 15.9 Å². The molecule has 0 saturated heterocycles. The van der Waals surface area contributed by atoms with Crippen molar-refractivity contribution in [3.05, 3.63) is 46.2 Å². The Balaban J connectivity index is 2.36. The number of hydrogen-bond acceptors (Lipinski definition) is 2. The first-order valence-electron chi connectivity index (χ1n) is 5.01. The van der Waals surface area contributed by atoms with E-state index in [1.807, 2.05) is 0 Å². The van der Waals surface area contributed by atoms with Gasteiger partial charge in [-0.2, -0.15) is 18.3 Å². The zero-order valence-electron chi connectivity index (χ0n) is 9.08. The first kappa shape index (κ1) is 12.9. The number of alkyl halides is 3. The Hall–Kier alpha value is -1.50. The van der Waals surface area contributed by atoms with Gasteiger partial charge in [0.2, 0.25) is 0 Å². The fourth-order valence-corrected chi connectivity index (χ4v) is 2.08. The molecule has 2 aromatic rings. The van der Waals surface area contributed by atoms with Gasteiger partial charge in [-0.05, 0) is 17.7 Å². The van der Waals surface area contributed by atoms with Crippen LogP contribution in [0.1, 0.15) is 11.3 Å². The molecule has 0 spiro atoms. The number of halogens is 4. The van der Waals surface area contributed by atoms with Crippen LogP contribution in [0.15, 0.2) is 34.9 Å². The molecule has 0 fully saturated rings. The number of aromatic nitrogens is 2. The molecule has 7 heteroatoms. The summed E-state index contributed by atoms with van der Waals surface area (Å²) in [6.45, 7) is 0.0193. The van der Waals surface area contributed by atoms with Gasteiger partial charge in [0.1, 0.15) is 0 Å². The Bertz CT molecular complexity index is 563. The summed E-state index contributed by atoms with van der Waals surface area (Å²) in [5.74, 6) is 0. The third-order valence-corrected chi connectivity index (χ3v) is 2.85. The molecular formula is C11H9BrF3N3. The quantitative estimate of drug-likeness (QED) is 0.923. The molecule has 96 valence electrons. The maximum Gasteiger partial charge on any atom is 0.435 e. The molecule has 0 amide bonds. The zero-order valence-corrected chi connectivity index (χ0v) is 10.7. The molecule has 1 aromatic carbocycles. The molecule has 2 rings (SSSR count). The average molecular weight is 320 g/mol. The zero-order chi connectivity index (χ0) is 13.3. The highest BCUT2D eigenvalue weighted by Gasteiger charge is 2.37. The van der Waals surface area contributed by atoms with E-state index in [-0.39, 0.29) is 12.2 Å². The van der Waals surface area contributed by atoms with Gasteiger partial charge < -0.3 is 5.73 Å². The maximum atomic E-state index is 12.8. The Labute approximate surface area is 110 Å². The molecule has 0 aliphatic carbocycles. The SMILES string of the molecule is Nc1cnn(Cc2cccc(Br)c2)c1C(F)(F)F. The van der Waals surface area contributed by atoms with Crippen molar-refractivity contribution in [2.75, 3.05) is 5.73 Å². The molecule has 1 heterocycles. The number of rotatable bonds is 2. The summed E-state index contributed by atoms with van der Waals surface area (Å²) < 4.78 is 40.0. The highest BCUT2D eigenvalue weighted by Crippen LogP contribution is 2.33. The summed E-state index contributed by atoms with van der Waals surface area (Å²) in [5, 5.41) is 3.66. The number of nitrogen functional groups attached to an aromatic ring is 1. The van der Waals surface area contributed by atoms with Crippen LogP contribution in [0.2, 0.25) is 0 Å². The first-order chi connectivity index (χ1) is 8.38. The molecule has 18 heavy (non-hydrogen) atoms. The van der Waals surface area contributed by atoms with E-state index in [4.69, 9.17) is 5.73 Å². The van der Waals surface area contributed by atoms with Gasteiger partial charge >= 0.3 is 6.18 Å². The molecule has 0 aliphatic rings. The fourth-order valence-electron chi connectivity index (χ4n) is 1.64. The van der Waals surface area contributed by atoms with E-state index in [2.05, 4.69) is 21.0 Å². The lowest BCUT2D eigenvalue weighted by molar-refractivity contribution is -0.143. The van der Waals surface area contributed by atoms with Gasteiger partial charge in [0.15, 0.2) is 5.69 Å². The van der Waals surface area contributed by atoms with E-state index >= 15 is 0 Å². The molecule has 1 aromatic heterocycles. The lowest BCUT2D eigenvalue weighted by atomic mass is 10.2. The van der Waals surface area contributed by atoms with E-state index < -0.39 is 11.9 Å². The van der Waals surface area contributed by atoms with Crippen LogP contribution < -0.4 is 5.73 Å². The number of anilines is 1. The molecular weight excluding hydrogens is 311 g/mol. The van der Waals surface area contributed by atoms with Crippen molar-refractivity contribution in [3.8, 4) is 0 Å². The summed E-state index contributed by atoms with van der Waals surface area (Å²) in [6, 6.07) is 7.01. The van der Waals surface area contributed by atoms with Crippen molar-refractivity contribution in [1.82, 2.24) is 9.78 Å². The molecule has 0 atom stereocenters. The van der Waals surface area contributed by atoms with Crippen LogP contribution in [-0.2, 0) is 12.7 Å². The molecule has 3 nitrogen and oxygen atoms in total. The smallest absolute Gasteiger partial charge is 0.396 e. The number of hydrogen-bond donors (Lipinski definition) is 1. The van der Waals surface area contributed by atoms with Gasteiger partial charge in [-0.1, -0.05) is 28.1 Å². The van der Waals surface area contributed by atoms with Crippen molar-refractivity contribution in [1.29, 1.82) is 0 Å². The van der Waals surface area contributed by atoms with Crippen molar-refractivity contribution < 1.29 is 13.2 Å². The average Bonchev–Trinajstić information content (AvgIpc) is 2.59.